The molecule has 0 N–H and O–H groups in total. The fourth-order valence-corrected chi connectivity index (χ4v) is 7.62. The number of nitrogens with zero attached hydrogens (tertiary/aromatic N) is 4. The molecular formula is C40H23BN4. The monoisotopic (exact) mass is 591 g/mol. The van der Waals surface area contributed by atoms with Crippen LogP contribution >= 0.6 is 0 Å². The van der Waals surface area contributed by atoms with Crippen LogP contribution in [0.5, 0.6) is 0 Å². The highest BCUT2D eigenvalue weighted by Crippen LogP contribution is 2.40. The van der Waals surface area contributed by atoms with Gasteiger partial charge in [0.05, 0.1) is 61.9 Å². The summed E-state index contributed by atoms with van der Waals surface area (Å²) in [6.45, 7) is -1.33. The Labute approximate surface area is 287 Å². The third-order valence-corrected chi connectivity index (χ3v) is 9.11. The summed E-state index contributed by atoms with van der Waals surface area (Å²) in [6.07, 6.45) is 0. The van der Waals surface area contributed by atoms with Crippen LogP contribution in [0.1, 0.15) is 28.8 Å². The molecule has 0 bridgehead atoms. The third kappa shape index (κ3) is 2.45. The Kier molecular flexibility index (Phi) is 1.89. The zero-order valence-electron chi connectivity index (χ0n) is 43.5. The number of imidazole rings is 2. The fourth-order valence-electron chi connectivity index (χ4n) is 7.62. The quantitative estimate of drug-likeness (QED) is 0.180. The van der Waals surface area contributed by atoms with E-state index < -0.39 is 134 Å². The maximum atomic E-state index is 9.45. The number of benzene rings is 6. The first-order chi connectivity index (χ1) is 31.1. The molecule has 0 fully saturated rings. The molecule has 12 rings (SSSR count). The molecule has 2 aliphatic heterocycles. The van der Waals surface area contributed by atoms with Crippen molar-refractivity contribution in [2.45, 2.75) is 0 Å². The lowest BCUT2D eigenvalue weighted by Gasteiger charge is -2.32. The number of fused-ring (bicyclic) bond motifs is 16. The molecule has 6 heterocycles. The molecule has 0 amide bonds. The molecule has 206 valence electrons. The minimum Gasteiger partial charge on any atom is -0.295 e. The first kappa shape index (κ1) is 11.2. The molecular weight excluding hydrogens is 547 g/mol. The van der Waals surface area contributed by atoms with E-state index in [1.54, 1.807) is 0 Å². The maximum Gasteiger partial charge on any atom is 0.258 e. The second-order valence-corrected chi connectivity index (χ2v) is 11.0. The van der Waals surface area contributed by atoms with E-state index in [0.29, 0.717) is 0 Å². The van der Waals surface area contributed by atoms with Crippen molar-refractivity contribution in [2.24, 2.45) is 0 Å². The van der Waals surface area contributed by atoms with Crippen molar-refractivity contribution in [3.8, 4) is 22.5 Å². The van der Waals surface area contributed by atoms with E-state index in [1.165, 1.54) is 30.1 Å². The topological polar surface area (TPSA) is 18.7 Å². The Balaban J connectivity index is 1.48. The lowest BCUT2D eigenvalue weighted by molar-refractivity contribution is 1.12. The molecule has 2 aliphatic rings. The summed E-state index contributed by atoms with van der Waals surface area (Å²) in [5, 5.41) is -0.199. The molecule has 10 aromatic rings. The van der Waals surface area contributed by atoms with Crippen LogP contribution in [-0.2, 0) is 0 Å². The first-order valence-electron chi connectivity index (χ1n) is 24.5. The second kappa shape index (κ2) is 7.58. The molecule has 4 aromatic heterocycles. The van der Waals surface area contributed by atoms with Crippen molar-refractivity contribution < 1.29 is 28.8 Å². The first-order valence-corrected chi connectivity index (χ1v) is 14.0. The van der Waals surface area contributed by atoms with Crippen molar-refractivity contribution >= 4 is 78.3 Å². The normalized spacial score (nSPS) is 19.8. The predicted molar refractivity (Wildman–Crippen MR) is 187 cm³/mol. The lowest BCUT2D eigenvalue weighted by atomic mass is 9.34. The molecule has 0 saturated carbocycles. The van der Waals surface area contributed by atoms with E-state index in [-0.39, 0.29) is 94.1 Å². The molecule has 4 nitrogen and oxygen atoms in total. The number of hydrogen-bond acceptors (Lipinski definition) is 0. The number of aromatic nitrogens is 4. The number of rotatable bonds is 1. The van der Waals surface area contributed by atoms with Crippen LogP contribution in [0, 0.1) is 0 Å². The van der Waals surface area contributed by atoms with Gasteiger partial charge in [0.15, 0.2) is 0 Å². The summed E-state index contributed by atoms with van der Waals surface area (Å²) in [5.74, 6) is 0. The van der Waals surface area contributed by atoms with Crippen molar-refractivity contribution in [3.63, 3.8) is 0 Å². The average Bonchev–Trinajstić information content (AvgIpc) is 4.04. The largest absolute Gasteiger partial charge is 0.295 e. The zero-order valence-corrected chi connectivity index (χ0v) is 22.5. The SMILES string of the molecule is [2H]c1c([2H])c([2H])c(-c2cc3c4c(c2)-n2c5c([2H])c([2H])c([2H])c([2H])c5n5c6c([2H])c([2H])c([2H])c([2H])c6c(c25)B4c2c4c([2H])c([2H])c([2H])c([2H])c4n4c5c([2H])c([2H])c([2H])c([2H])c5n-3c24)c([2H])c1[2H]. The Morgan fingerprint density at radius 1 is 0.400 bits per heavy atom. The highest BCUT2D eigenvalue weighted by molar-refractivity contribution is 7.02. The standard InChI is InChI=1S/C40H23BN4/c1-2-12-24(13-3-1)25-22-34-38-35(23-25)45-33-21-11-9-19-31(33)43-29-17-7-5-15-27(29)37(40(43)45)41(38)36-26-14-4-6-16-28(26)42-30-18-8-10-20-32(30)44(34)39(36)42/h1-23H/i1D,2D,3D,4D,5D,6D,7D,8D,9D,10D,11D,12D,13D,14D,15D,16D,17D,18D,19D,20D,21D. The van der Waals surface area contributed by atoms with Gasteiger partial charge in [-0.25, -0.2) is 0 Å². The van der Waals surface area contributed by atoms with Gasteiger partial charge in [0.1, 0.15) is 11.3 Å². The Hall–Kier alpha value is -5.94. The van der Waals surface area contributed by atoms with Crippen LogP contribution in [0.4, 0.5) is 0 Å². The van der Waals surface area contributed by atoms with Crippen LogP contribution in [-0.4, -0.2) is 24.6 Å². The van der Waals surface area contributed by atoms with E-state index in [9.17, 15) is 11.0 Å². The van der Waals surface area contributed by atoms with Gasteiger partial charge < -0.3 is 0 Å². The van der Waals surface area contributed by atoms with E-state index in [4.69, 9.17) is 17.8 Å². The van der Waals surface area contributed by atoms with Gasteiger partial charge >= 0.3 is 0 Å². The highest BCUT2D eigenvalue weighted by atomic mass is 15.2. The molecule has 45 heavy (non-hydrogen) atoms. The van der Waals surface area contributed by atoms with Crippen molar-refractivity contribution in [2.75, 3.05) is 0 Å². The summed E-state index contributed by atoms with van der Waals surface area (Å²) in [4.78, 5) is 0. The number of hydrogen-bond donors (Lipinski definition) is 0. The Bertz CT molecular complexity index is 3890. The van der Waals surface area contributed by atoms with Crippen molar-refractivity contribution in [3.05, 3.63) is 139 Å². The molecule has 0 aliphatic carbocycles. The molecule has 0 spiro atoms. The Morgan fingerprint density at radius 3 is 1.33 bits per heavy atom. The molecule has 0 unspecified atom stereocenters. The number of para-hydroxylation sites is 6. The molecule has 6 aromatic carbocycles. The van der Waals surface area contributed by atoms with E-state index in [0.717, 1.165) is 0 Å². The second-order valence-electron chi connectivity index (χ2n) is 11.0. The highest BCUT2D eigenvalue weighted by Gasteiger charge is 2.45. The van der Waals surface area contributed by atoms with Crippen molar-refractivity contribution in [1.82, 2.24) is 17.9 Å². The van der Waals surface area contributed by atoms with Gasteiger partial charge in [0.2, 0.25) is 0 Å². The minimum atomic E-state index is -1.33. The van der Waals surface area contributed by atoms with Gasteiger partial charge in [-0.2, -0.15) is 0 Å². The van der Waals surface area contributed by atoms with E-state index >= 15 is 0 Å². The molecule has 5 heteroatoms. The summed E-state index contributed by atoms with van der Waals surface area (Å²) < 4.78 is 195. The van der Waals surface area contributed by atoms with Crippen LogP contribution in [0.2, 0.25) is 0 Å². The zero-order chi connectivity index (χ0) is 47.2. The average molecular weight is 592 g/mol. The van der Waals surface area contributed by atoms with Crippen LogP contribution in [0.3, 0.4) is 0 Å². The van der Waals surface area contributed by atoms with Crippen LogP contribution in [0.25, 0.3) is 77.7 Å². The van der Waals surface area contributed by atoms with E-state index in [2.05, 4.69) is 0 Å². The molecule has 0 atom stereocenters. The summed E-state index contributed by atoms with van der Waals surface area (Å²) >= 11 is 0. The minimum absolute atomic E-state index is 0.00260. The summed E-state index contributed by atoms with van der Waals surface area (Å²) in [6, 6.07) is -10.3. The van der Waals surface area contributed by atoms with Gasteiger partial charge in [-0.15, -0.1) is 0 Å². The smallest absolute Gasteiger partial charge is 0.258 e. The van der Waals surface area contributed by atoms with Gasteiger partial charge in [0, 0.05) is 11.4 Å². The van der Waals surface area contributed by atoms with Gasteiger partial charge in [-0.1, -0.05) is 90.6 Å². The Morgan fingerprint density at radius 2 is 0.822 bits per heavy atom. The lowest BCUT2D eigenvalue weighted by Crippen LogP contribution is -2.59. The molecule has 0 radical (unpaired) electrons. The molecule has 0 saturated heterocycles. The van der Waals surface area contributed by atoms with Crippen LogP contribution < -0.4 is 16.4 Å². The summed E-state index contributed by atoms with van der Waals surface area (Å²) in [7, 11) is 0. The summed E-state index contributed by atoms with van der Waals surface area (Å²) in [5.41, 5.74) is -1.06. The van der Waals surface area contributed by atoms with Crippen molar-refractivity contribution in [1.29, 1.82) is 0 Å². The van der Waals surface area contributed by atoms with Gasteiger partial charge in [0.25, 0.3) is 6.71 Å². The van der Waals surface area contributed by atoms with Gasteiger partial charge in [-0.3, -0.25) is 17.9 Å². The van der Waals surface area contributed by atoms with Gasteiger partial charge in [-0.05, 0) is 86.7 Å². The van der Waals surface area contributed by atoms with E-state index in [1.807, 2.05) is 0 Å². The van der Waals surface area contributed by atoms with Crippen LogP contribution in [0.15, 0.2) is 139 Å². The predicted octanol–water partition coefficient (Wildman–Crippen LogP) is 7.20. The fraction of sp³-hybridized carbons (Fsp3) is 0. The third-order valence-electron chi connectivity index (χ3n) is 9.11. The maximum absolute atomic E-state index is 9.45.